The van der Waals surface area contributed by atoms with Gasteiger partial charge >= 0.3 is 0 Å². The van der Waals surface area contributed by atoms with E-state index < -0.39 is 0 Å². The fourth-order valence-electron chi connectivity index (χ4n) is 3.60. The van der Waals surface area contributed by atoms with Crippen molar-refractivity contribution in [1.82, 2.24) is 30.2 Å². The summed E-state index contributed by atoms with van der Waals surface area (Å²) in [7, 11) is 0. The van der Waals surface area contributed by atoms with Crippen molar-refractivity contribution in [3.63, 3.8) is 0 Å². The monoisotopic (exact) mass is 466 g/mol. The van der Waals surface area contributed by atoms with Crippen LogP contribution in [0, 0.1) is 0 Å². The van der Waals surface area contributed by atoms with Crippen LogP contribution in [0.15, 0.2) is 53.4 Å². The average molecular weight is 467 g/mol. The molecule has 1 unspecified atom stereocenters. The summed E-state index contributed by atoms with van der Waals surface area (Å²) >= 11 is 0. The summed E-state index contributed by atoms with van der Waals surface area (Å²) in [6.07, 6.45) is 9.77. The zero-order valence-electron chi connectivity index (χ0n) is 17.2. The van der Waals surface area contributed by atoms with Crippen molar-refractivity contribution in [3.8, 4) is 0 Å². The minimum atomic E-state index is -0.186. The molecule has 3 aromatic heterocycles. The van der Waals surface area contributed by atoms with Crippen LogP contribution in [0.1, 0.15) is 47.6 Å². The number of aromatic nitrogens is 4. The maximum atomic E-state index is 13.1. The van der Waals surface area contributed by atoms with Gasteiger partial charge < -0.3 is 14.6 Å². The summed E-state index contributed by atoms with van der Waals surface area (Å²) in [5.41, 5.74) is 1.15. The molecule has 1 saturated heterocycles. The molecule has 10 heteroatoms. The molecule has 1 aliphatic heterocycles. The maximum absolute atomic E-state index is 13.1. The summed E-state index contributed by atoms with van der Waals surface area (Å²) in [5, 5.41) is 11.8. The van der Waals surface area contributed by atoms with Crippen molar-refractivity contribution in [1.29, 1.82) is 0 Å². The van der Waals surface area contributed by atoms with E-state index in [0.717, 1.165) is 25.2 Å². The number of furan rings is 1. The molecule has 1 N–H and O–H groups in total. The van der Waals surface area contributed by atoms with Gasteiger partial charge in [-0.1, -0.05) is 17.7 Å². The Labute approximate surface area is 194 Å². The van der Waals surface area contributed by atoms with E-state index in [1.807, 2.05) is 30.3 Å². The lowest BCUT2D eigenvalue weighted by atomic mass is 10.0. The highest BCUT2D eigenvalue weighted by molar-refractivity contribution is 5.91. The third-order valence-corrected chi connectivity index (χ3v) is 5.17. The second-order valence-corrected chi connectivity index (χ2v) is 7.36. The van der Waals surface area contributed by atoms with Crippen LogP contribution in [0.5, 0.6) is 0 Å². The second kappa shape index (κ2) is 12.4. The standard InChI is InChI=1S/C21H26N6O2.2ClH/c28-21(20-16-27(25-24-20)12-9-17-6-1-3-10-22-17)26(15-19-8-5-13-29-19)14-18-7-2-4-11-23-18;;/h2,4-5,7-8,11,13,16-17,22H,1,3,6,9-10,12,14-15H2;2*1H. The summed E-state index contributed by atoms with van der Waals surface area (Å²) < 4.78 is 7.20. The first-order chi connectivity index (χ1) is 14.3. The summed E-state index contributed by atoms with van der Waals surface area (Å²) in [6, 6.07) is 9.85. The summed E-state index contributed by atoms with van der Waals surface area (Å²) in [6.45, 7) is 2.55. The Balaban J connectivity index is 0.00000171. The van der Waals surface area contributed by atoms with Crippen LogP contribution in [0.2, 0.25) is 0 Å². The Morgan fingerprint density at radius 2 is 2.10 bits per heavy atom. The number of pyridine rings is 1. The molecule has 0 saturated carbocycles. The lowest BCUT2D eigenvalue weighted by Gasteiger charge is -2.23. The molecule has 0 aromatic carbocycles. The summed E-state index contributed by atoms with van der Waals surface area (Å²) in [4.78, 5) is 19.1. The zero-order valence-corrected chi connectivity index (χ0v) is 18.9. The molecule has 0 radical (unpaired) electrons. The van der Waals surface area contributed by atoms with Crippen LogP contribution in [-0.4, -0.2) is 43.4 Å². The van der Waals surface area contributed by atoms with E-state index in [9.17, 15) is 4.79 Å². The van der Waals surface area contributed by atoms with Crippen LogP contribution in [0.4, 0.5) is 0 Å². The minimum absolute atomic E-state index is 0. The average Bonchev–Trinajstić information content (AvgIpc) is 3.45. The van der Waals surface area contributed by atoms with Gasteiger partial charge in [0, 0.05) is 18.8 Å². The van der Waals surface area contributed by atoms with Gasteiger partial charge in [-0.3, -0.25) is 14.5 Å². The molecule has 3 aromatic rings. The van der Waals surface area contributed by atoms with E-state index in [2.05, 4.69) is 20.6 Å². The van der Waals surface area contributed by atoms with Crippen LogP contribution in [-0.2, 0) is 19.6 Å². The van der Waals surface area contributed by atoms with E-state index in [-0.39, 0.29) is 30.7 Å². The number of piperidine rings is 1. The molecule has 168 valence electrons. The topological polar surface area (TPSA) is 89.1 Å². The van der Waals surface area contributed by atoms with Gasteiger partial charge in [-0.25, -0.2) is 0 Å². The number of hydrogen-bond donors (Lipinski definition) is 1. The molecular formula is C21H28Cl2N6O2. The molecular weight excluding hydrogens is 439 g/mol. The van der Waals surface area contributed by atoms with Crippen molar-refractivity contribution in [3.05, 3.63) is 66.1 Å². The number of halogens is 2. The largest absolute Gasteiger partial charge is 0.467 e. The van der Waals surface area contributed by atoms with Gasteiger partial charge in [-0.05, 0) is 50.1 Å². The number of nitrogens with zero attached hydrogens (tertiary/aromatic N) is 5. The SMILES string of the molecule is Cl.Cl.O=C(c1cn(CCC2CCCCN2)nn1)N(Cc1ccccn1)Cc1ccco1. The van der Waals surface area contributed by atoms with E-state index in [1.54, 1.807) is 28.2 Å². The Kier molecular flexibility index (Phi) is 9.97. The normalized spacial score (nSPS) is 15.5. The smallest absolute Gasteiger partial charge is 0.276 e. The molecule has 1 amide bonds. The number of nitrogens with one attached hydrogen (secondary N) is 1. The molecule has 1 aliphatic rings. The van der Waals surface area contributed by atoms with Gasteiger partial charge in [0.05, 0.1) is 31.2 Å². The number of hydrogen-bond acceptors (Lipinski definition) is 6. The van der Waals surface area contributed by atoms with Gasteiger partial charge in [0.1, 0.15) is 5.76 Å². The molecule has 0 bridgehead atoms. The fourth-order valence-corrected chi connectivity index (χ4v) is 3.60. The highest BCUT2D eigenvalue weighted by Crippen LogP contribution is 2.14. The number of carbonyl (C=O) groups excluding carboxylic acids is 1. The Morgan fingerprint density at radius 3 is 2.81 bits per heavy atom. The molecule has 4 rings (SSSR count). The first-order valence-corrected chi connectivity index (χ1v) is 10.1. The predicted octanol–water partition coefficient (Wildman–Crippen LogP) is 3.48. The summed E-state index contributed by atoms with van der Waals surface area (Å²) in [5.74, 6) is 0.527. The Morgan fingerprint density at radius 1 is 1.19 bits per heavy atom. The van der Waals surface area contributed by atoms with Crippen molar-refractivity contribution < 1.29 is 9.21 Å². The number of rotatable bonds is 8. The third-order valence-electron chi connectivity index (χ3n) is 5.17. The van der Waals surface area contributed by atoms with Gasteiger partial charge in [0.25, 0.3) is 5.91 Å². The van der Waals surface area contributed by atoms with Crippen molar-refractivity contribution in [2.24, 2.45) is 0 Å². The number of amides is 1. The highest BCUT2D eigenvalue weighted by Gasteiger charge is 2.21. The molecule has 0 aliphatic carbocycles. The quantitative estimate of drug-likeness (QED) is 0.546. The van der Waals surface area contributed by atoms with Crippen molar-refractivity contribution >= 4 is 30.7 Å². The molecule has 0 spiro atoms. The zero-order chi connectivity index (χ0) is 19.9. The predicted molar refractivity (Wildman–Crippen MR) is 121 cm³/mol. The second-order valence-electron chi connectivity index (χ2n) is 7.36. The molecule has 1 fully saturated rings. The highest BCUT2D eigenvalue weighted by atomic mass is 35.5. The van der Waals surface area contributed by atoms with Crippen molar-refractivity contribution in [2.75, 3.05) is 6.54 Å². The van der Waals surface area contributed by atoms with E-state index in [4.69, 9.17) is 4.42 Å². The van der Waals surface area contributed by atoms with Crippen LogP contribution in [0.3, 0.4) is 0 Å². The fraction of sp³-hybridized carbons (Fsp3) is 0.429. The molecule has 31 heavy (non-hydrogen) atoms. The molecule has 8 nitrogen and oxygen atoms in total. The van der Waals surface area contributed by atoms with Crippen LogP contribution >= 0.6 is 24.8 Å². The van der Waals surface area contributed by atoms with Gasteiger partial charge in [-0.2, -0.15) is 0 Å². The lowest BCUT2D eigenvalue weighted by molar-refractivity contribution is 0.0709. The van der Waals surface area contributed by atoms with Gasteiger partial charge in [0.15, 0.2) is 5.69 Å². The van der Waals surface area contributed by atoms with E-state index >= 15 is 0 Å². The first kappa shape index (κ1) is 24.8. The van der Waals surface area contributed by atoms with Crippen molar-refractivity contribution in [2.45, 2.75) is 51.4 Å². The Hall–Kier alpha value is -2.42. The molecule has 4 heterocycles. The Bertz CT molecular complexity index is 898. The number of carbonyl (C=O) groups is 1. The minimum Gasteiger partial charge on any atom is -0.467 e. The first-order valence-electron chi connectivity index (χ1n) is 10.1. The van der Waals surface area contributed by atoms with Gasteiger partial charge in [-0.15, -0.1) is 29.9 Å². The van der Waals surface area contributed by atoms with Crippen LogP contribution < -0.4 is 5.32 Å². The van der Waals surface area contributed by atoms with E-state index in [1.165, 1.54) is 19.3 Å². The van der Waals surface area contributed by atoms with Gasteiger partial charge in [0.2, 0.25) is 0 Å². The van der Waals surface area contributed by atoms with E-state index in [0.29, 0.717) is 30.6 Å². The molecule has 1 atom stereocenters. The van der Waals surface area contributed by atoms with Crippen LogP contribution in [0.25, 0.3) is 0 Å². The maximum Gasteiger partial charge on any atom is 0.276 e. The lowest BCUT2D eigenvalue weighted by Crippen LogP contribution is -2.34. The third kappa shape index (κ3) is 7.05. The number of aryl methyl sites for hydroxylation is 1.